The van der Waals surface area contributed by atoms with Gasteiger partial charge in [-0.2, -0.15) is 0 Å². The van der Waals surface area contributed by atoms with Crippen molar-refractivity contribution in [2.75, 3.05) is 6.61 Å². The van der Waals surface area contributed by atoms with Crippen molar-refractivity contribution < 1.29 is 13.5 Å². The van der Waals surface area contributed by atoms with E-state index in [1.54, 1.807) is 18.1 Å². The first-order valence-electron chi connectivity index (χ1n) is 11.2. The van der Waals surface area contributed by atoms with Gasteiger partial charge in [0.1, 0.15) is 5.75 Å². The predicted molar refractivity (Wildman–Crippen MR) is 111 cm³/mol. The van der Waals surface area contributed by atoms with E-state index in [1.807, 2.05) is 0 Å². The van der Waals surface area contributed by atoms with Crippen molar-refractivity contribution in [3.8, 4) is 5.75 Å². The second-order valence-corrected chi connectivity index (χ2v) is 12.4. The molecule has 1 saturated heterocycles. The van der Waals surface area contributed by atoms with Gasteiger partial charge in [-0.15, -0.1) is 0 Å². The van der Waals surface area contributed by atoms with Gasteiger partial charge in [0.2, 0.25) is 0 Å². The van der Waals surface area contributed by atoms with E-state index < -0.39 is 20.4 Å². The van der Waals surface area contributed by atoms with Crippen molar-refractivity contribution in [2.45, 2.75) is 82.8 Å². The van der Waals surface area contributed by atoms with Crippen LogP contribution in [0, 0.1) is 29.4 Å². The number of ether oxygens (including phenoxy) is 1. The molecule has 0 bridgehead atoms. The minimum atomic E-state index is -0.829. The van der Waals surface area contributed by atoms with Crippen molar-refractivity contribution >= 4 is 8.80 Å². The zero-order chi connectivity index (χ0) is 19.1. The molecular formula is C23H36F2OSi. The first kappa shape index (κ1) is 20.8. The van der Waals surface area contributed by atoms with Crippen LogP contribution in [-0.4, -0.2) is 15.4 Å². The van der Waals surface area contributed by atoms with Crippen LogP contribution in [0.3, 0.4) is 0 Å². The second kappa shape index (κ2) is 10.6. The molecule has 1 heterocycles. The molecule has 4 heteroatoms. The number of halogens is 2. The van der Waals surface area contributed by atoms with Crippen LogP contribution >= 0.6 is 0 Å². The molecule has 27 heavy (non-hydrogen) atoms. The molecule has 1 aromatic rings. The average Bonchev–Trinajstić information content (AvgIpc) is 2.70. The third kappa shape index (κ3) is 6.30. The van der Waals surface area contributed by atoms with Crippen LogP contribution in [0.2, 0.25) is 18.1 Å². The molecule has 1 aromatic carbocycles. The summed E-state index contributed by atoms with van der Waals surface area (Å²) < 4.78 is 32.0. The molecule has 0 N–H and O–H groups in total. The molecule has 1 aliphatic carbocycles. The topological polar surface area (TPSA) is 9.23 Å². The lowest BCUT2D eigenvalue weighted by Gasteiger charge is -2.37. The summed E-state index contributed by atoms with van der Waals surface area (Å²) in [6.07, 6.45) is 12.4. The van der Waals surface area contributed by atoms with Crippen molar-refractivity contribution in [3.05, 3.63) is 29.8 Å². The number of hydrogen-bond donors (Lipinski definition) is 0. The molecule has 0 spiro atoms. The molecule has 1 saturated carbocycles. The maximum atomic E-state index is 13.3. The minimum absolute atomic E-state index is 0.394. The third-order valence-corrected chi connectivity index (χ3v) is 10.6. The van der Waals surface area contributed by atoms with Crippen molar-refractivity contribution in [1.82, 2.24) is 0 Å². The molecule has 3 rings (SSSR count). The molecule has 0 amide bonds. The van der Waals surface area contributed by atoms with Crippen LogP contribution in [0.4, 0.5) is 8.78 Å². The maximum absolute atomic E-state index is 13.3. The summed E-state index contributed by atoms with van der Waals surface area (Å²) >= 11 is 0. The van der Waals surface area contributed by atoms with E-state index in [9.17, 15) is 8.78 Å². The van der Waals surface area contributed by atoms with Gasteiger partial charge >= 0.3 is 0 Å². The summed E-state index contributed by atoms with van der Waals surface area (Å²) in [5.74, 6) is 1.27. The highest BCUT2D eigenvalue weighted by Crippen LogP contribution is 2.41. The predicted octanol–water partition coefficient (Wildman–Crippen LogP) is 6.98. The summed E-state index contributed by atoms with van der Waals surface area (Å²) in [7, 11) is -0.394. The number of benzene rings is 1. The van der Waals surface area contributed by atoms with Crippen molar-refractivity contribution in [2.24, 2.45) is 17.8 Å². The Hall–Kier alpha value is -0.903. The molecule has 0 aromatic heterocycles. The molecule has 1 aliphatic heterocycles. The van der Waals surface area contributed by atoms with Crippen LogP contribution in [0.5, 0.6) is 5.75 Å². The SMILES string of the molecule is CCCCC[SiH]1CCC(C2CCC(COc3ccc(F)c(F)c3)CC2)CC1. The van der Waals surface area contributed by atoms with Crippen molar-refractivity contribution in [1.29, 1.82) is 0 Å². The first-order valence-corrected chi connectivity index (χ1v) is 13.7. The fourth-order valence-corrected chi connectivity index (χ4v) is 8.77. The molecule has 152 valence electrons. The fraction of sp³-hybridized carbons (Fsp3) is 0.739. The second-order valence-electron chi connectivity index (χ2n) is 8.94. The molecule has 2 fully saturated rings. The van der Waals surface area contributed by atoms with Gasteiger partial charge in [0.15, 0.2) is 11.6 Å². The summed E-state index contributed by atoms with van der Waals surface area (Å²) in [6.45, 7) is 2.94. The van der Waals surface area contributed by atoms with E-state index >= 15 is 0 Å². The number of hydrogen-bond acceptors (Lipinski definition) is 1. The van der Waals surface area contributed by atoms with Crippen LogP contribution in [0.1, 0.15) is 64.7 Å². The highest BCUT2D eigenvalue weighted by atomic mass is 28.3. The highest BCUT2D eigenvalue weighted by Gasteiger charge is 2.31. The van der Waals surface area contributed by atoms with E-state index in [2.05, 4.69) is 6.92 Å². The largest absolute Gasteiger partial charge is 0.493 e. The van der Waals surface area contributed by atoms with Gasteiger partial charge in [-0.25, -0.2) is 8.78 Å². The Morgan fingerprint density at radius 1 is 0.926 bits per heavy atom. The summed E-state index contributed by atoms with van der Waals surface area (Å²) in [4.78, 5) is 0. The Bertz CT molecular complexity index is 563. The Kier molecular flexibility index (Phi) is 8.17. The molecule has 0 radical (unpaired) electrons. The van der Waals surface area contributed by atoms with Gasteiger partial charge in [0, 0.05) is 14.9 Å². The van der Waals surface area contributed by atoms with Crippen LogP contribution in [0.25, 0.3) is 0 Å². The van der Waals surface area contributed by atoms with E-state index in [-0.39, 0.29) is 0 Å². The van der Waals surface area contributed by atoms with Gasteiger partial charge in [-0.1, -0.05) is 57.2 Å². The lowest BCUT2D eigenvalue weighted by atomic mass is 9.74. The summed E-state index contributed by atoms with van der Waals surface area (Å²) in [6, 6.07) is 8.59. The van der Waals surface area contributed by atoms with Gasteiger partial charge in [0.05, 0.1) is 6.61 Å². The maximum Gasteiger partial charge on any atom is 0.162 e. The Morgan fingerprint density at radius 3 is 2.30 bits per heavy atom. The van der Waals surface area contributed by atoms with E-state index in [4.69, 9.17) is 4.74 Å². The summed E-state index contributed by atoms with van der Waals surface area (Å²) in [5.41, 5.74) is 0. The molecule has 2 aliphatic rings. The quantitative estimate of drug-likeness (QED) is 0.341. The zero-order valence-electron chi connectivity index (χ0n) is 16.9. The van der Waals surface area contributed by atoms with E-state index in [0.29, 0.717) is 18.3 Å². The smallest absolute Gasteiger partial charge is 0.162 e. The zero-order valence-corrected chi connectivity index (χ0v) is 18.1. The molecule has 1 nitrogen and oxygen atoms in total. The average molecular weight is 395 g/mol. The van der Waals surface area contributed by atoms with Crippen molar-refractivity contribution in [3.63, 3.8) is 0 Å². The fourth-order valence-electron chi connectivity index (χ4n) is 5.24. The Morgan fingerprint density at radius 2 is 1.63 bits per heavy atom. The lowest BCUT2D eigenvalue weighted by molar-refractivity contribution is 0.147. The minimum Gasteiger partial charge on any atom is -0.493 e. The number of rotatable bonds is 8. The monoisotopic (exact) mass is 394 g/mol. The highest BCUT2D eigenvalue weighted by molar-refractivity contribution is 6.58. The van der Waals surface area contributed by atoms with Crippen LogP contribution in [0.15, 0.2) is 18.2 Å². The molecule has 0 atom stereocenters. The van der Waals surface area contributed by atoms with E-state index in [0.717, 1.165) is 24.0 Å². The first-order chi connectivity index (χ1) is 13.2. The lowest BCUT2D eigenvalue weighted by Crippen LogP contribution is -2.29. The Labute approximate surface area is 165 Å². The molecular weight excluding hydrogens is 358 g/mol. The van der Waals surface area contributed by atoms with Gasteiger partial charge in [-0.05, 0) is 55.6 Å². The summed E-state index contributed by atoms with van der Waals surface area (Å²) in [5, 5.41) is 0. The molecule has 0 unspecified atom stereocenters. The standard InChI is InChI=1S/C23H36F2OSi/c1-2-3-4-13-27-14-11-20(12-15-27)19-7-5-18(6-8-19)17-26-21-9-10-22(24)23(25)16-21/h9-10,16,18-20,27H,2-8,11-15,17H2,1H3. The van der Waals surface area contributed by atoms with Crippen LogP contribution in [-0.2, 0) is 0 Å². The number of unbranched alkanes of at least 4 members (excludes halogenated alkanes) is 2. The Balaban J connectivity index is 1.34. The van der Waals surface area contributed by atoms with Crippen LogP contribution < -0.4 is 4.74 Å². The van der Waals surface area contributed by atoms with Gasteiger partial charge in [0.25, 0.3) is 0 Å². The van der Waals surface area contributed by atoms with Gasteiger partial charge in [-0.3, -0.25) is 0 Å². The normalized spacial score (nSPS) is 28.9. The van der Waals surface area contributed by atoms with E-state index in [1.165, 1.54) is 63.9 Å². The van der Waals surface area contributed by atoms with Gasteiger partial charge < -0.3 is 4.74 Å². The third-order valence-electron chi connectivity index (χ3n) is 7.04.